The van der Waals surface area contributed by atoms with Crippen molar-refractivity contribution in [2.75, 3.05) is 26.5 Å². The van der Waals surface area contributed by atoms with Gasteiger partial charge in [0.05, 0.1) is 19.1 Å². The molecule has 0 spiro atoms. The number of esters is 1. The number of nitrogens with zero attached hydrogens (tertiary/aromatic N) is 3. The monoisotopic (exact) mass is 533 g/mol. The minimum absolute atomic E-state index is 0.156. The third-order valence-corrected chi connectivity index (χ3v) is 7.27. The highest BCUT2D eigenvalue weighted by Crippen LogP contribution is 2.33. The SMILES string of the molecule is CCOC(=O)C1CCN(C(=O)c2coc(CN(Cc3ccc4c(c3)OCO4)Cc3cc(C)ccc3C)n2)CC1. The van der Waals surface area contributed by atoms with Gasteiger partial charge in [0.1, 0.15) is 6.26 Å². The topological polar surface area (TPSA) is 94.3 Å². The Labute approximate surface area is 228 Å². The van der Waals surface area contributed by atoms with Gasteiger partial charge in [0.2, 0.25) is 12.7 Å². The van der Waals surface area contributed by atoms with E-state index in [0.29, 0.717) is 58.1 Å². The predicted octanol–water partition coefficient (Wildman–Crippen LogP) is 4.64. The number of fused-ring (bicyclic) bond motifs is 1. The molecular weight excluding hydrogens is 498 g/mol. The number of oxazole rings is 1. The van der Waals surface area contributed by atoms with E-state index in [0.717, 1.165) is 17.1 Å². The van der Waals surface area contributed by atoms with Crippen LogP contribution in [0.2, 0.25) is 0 Å². The van der Waals surface area contributed by atoms with Crippen molar-refractivity contribution in [2.24, 2.45) is 5.92 Å². The van der Waals surface area contributed by atoms with Crippen molar-refractivity contribution < 1.29 is 28.2 Å². The van der Waals surface area contributed by atoms with E-state index in [1.165, 1.54) is 23.0 Å². The fourth-order valence-electron chi connectivity index (χ4n) is 5.09. The molecule has 2 aromatic carbocycles. The fourth-order valence-corrected chi connectivity index (χ4v) is 5.09. The zero-order valence-electron chi connectivity index (χ0n) is 22.8. The maximum Gasteiger partial charge on any atom is 0.309 e. The van der Waals surface area contributed by atoms with Gasteiger partial charge in [0, 0.05) is 26.2 Å². The number of amides is 1. The van der Waals surface area contributed by atoms with Gasteiger partial charge in [-0.05, 0) is 62.4 Å². The van der Waals surface area contributed by atoms with Crippen LogP contribution in [-0.4, -0.2) is 53.1 Å². The van der Waals surface area contributed by atoms with Crippen molar-refractivity contribution in [1.82, 2.24) is 14.8 Å². The lowest BCUT2D eigenvalue weighted by Gasteiger charge is -2.30. The molecule has 0 bridgehead atoms. The minimum Gasteiger partial charge on any atom is -0.466 e. The number of aromatic nitrogens is 1. The van der Waals surface area contributed by atoms with Crippen LogP contribution in [0.5, 0.6) is 11.5 Å². The molecule has 3 aromatic rings. The maximum absolute atomic E-state index is 13.1. The molecular formula is C30H35N3O6. The lowest BCUT2D eigenvalue weighted by molar-refractivity contribution is -0.149. The Bertz CT molecular complexity index is 1330. The third kappa shape index (κ3) is 6.42. The van der Waals surface area contributed by atoms with Crippen LogP contribution in [0.3, 0.4) is 0 Å². The number of ether oxygens (including phenoxy) is 3. The maximum atomic E-state index is 13.1. The largest absolute Gasteiger partial charge is 0.466 e. The molecule has 0 atom stereocenters. The fraction of sp³-hybridized carbons (Fsp3) is 0.433. The molecule has 9 heteroatoms. The molecule has 5 rings (SSSR count). The molecule has 0 unspecified atom stereocenters. The van der Waals surface area contributed by atoms with Crippen molar-refractivity contribution in [1.29, 1.82) is 0 Å². The van der Waals surface area contributed by atoms with E-state index >= 15 is 0 Å². The third-order valence-electron chi connectivity index (χ3n) is 7.27. The first-order valence-electron chi connectivity index (χ1n) is 13.5. The summed E-state index contributed by atoms with van der Waals surface area (Å²) in [6.45, 7) is 9.35. The summed E-state index contributed by atoms with van der Waals surface area (Å²) in [5.41, 5.74) is 5.01. The van der Waals surface area contributed by atoms with E-state index in [4.69, 9.17) is 18.6 Å². The van der Waals surface area contributed by atoms with E-state index in [2.05, 4.69) is 41.9 Å². The molecule has 0 aliphatic carbocycles. The lowest BCUT2D eigenvalue weighted by Crippen LogP contribution is -2.40. The summed E-state index contributed by atoms with van der Waals surface area (Å²) in [4.78, 5) is 33.7. The second kappa shape index (κ2) is 11.9. The summed E-state index contributed by atoms with van der Waals surface area (Å²) < 4.78 is 22.0. The molecule has 1 amide bonds. The lowest BCUT2D eigenvalue weighted by atomic mass is 9.97. The van der Waals surface area contributed by atoms with Crippen LogP contribution in [0.1, 0.15) is 58.4 Å². The van der Waals surface area contributed by atoms with Gasteiger partial charge in [-0.2, -0.15) is 0 Å². The number of benzene rings is 2. The van der Waals surface area contributed by atoms with Gasteiger partial charge >= 0.3 is 5.97 Å². The summed E-state index contributed by atoms with van der Waals surface area (Å²) in [7, 11) is 0. The van der Waals surface area contributed by atoms with E-state index in [-0.39, 0.29) is 30.3 Å². The molecule has 0 N–H and O–H groups in total. The molecule has 1 fully saturated rings. The van der Waals surface area contributed by atoms with Crippen LogP contribution in [0, 0.1) is 19.8 Å². The van der Waals surface area contributed by atoms with E-state index in [1.807, 2.05) is 18.2 Å². The smallest absolute Gasteiger partial charge is 0.309 e. The van der Waals surface area contributed by atoms with Crippen LogP contribution < -0.4 is 9.47 Å². The molecule has 3 heterocycles. The van der Waals surface area contributed by atoms with Gasteiger partial charge in [-0.15, -0.1) is 0 Å². The number of hydrogen-bond acceptors (Lipinski definition) is 8. The Kier molecular flexibility index (Phi) is 8.16. The van der Waals surface area contributed by atoms with Gasteiger partial charge in [-0.3, -0.25) is 14.5 Å². The summed E-state index contributed by atoms with van der Waals surface area (Å²) in [6, 6.07) is 12.4. The molecule has 206 valence electrons. The number of aryl methyl sites for hydroxylation is 2. The predicted molar refractivity (Wildman–Crippen MR) is 143 cm³/mol. The first kappa shape index (κ1) is 26.7. The zero-order valence-corrected chi connectivity index (χ0v) is 22.8. The second-order valence-electron chi connectivity index (χ2n) is 10.2. The van der Waals surface area contributed by atoms with Crippen LogP contribution in [0.15, 0.2) is 47.1 Å². The average molecular weight is 534 g/mol. The van der Waals surface area contributed by atoms with Crippen LogP contribution in [0.25, 0.3) is 0 Å². The Hall–Kier alpha value is -3.85. The van der Waals surface area contributed by atoms with Gasteiger partial charge in [0.15, 0.2) is 17.2 Å². The average Bonchev–Trinajstić information content (AvgIpc) is 3.60. The number of piperidine rings is 1. The standard InChI is InChI=1S/C30H35N3O6/c1-4-36-30(35)23-9-11-33(12-10-23)29(34)25-18-37-28(31-25)17-32(16-24-13-20(2)5-6-21(24)3)15-22-7-8-26-27(14-22)39-19-38-26/h5-8,13-14,18,23H,4,9-12,15-17,19H2,1-3H3. The molecule has 9 nitrogen and oxygen atoms in total. The van der Waals surface area contributed by atoms with Gasteiger partial charge in [-0.1, -0.05) is 29.8 Å². The Morgan fingerprint density at radius 2 is 1.82 bits per heavy atom. The second-order valence-corrected chi connectivity index (χ2v) is 10.2. The summed E-state index contributed by atoms with van der Waals surface area (Å²) in [6.07, 6.45) is 2.62. The van der Waals surface area contributed by atoms with Crippen molar-refractivity contribution in [3.05, 3.63) is 76.5 Å². The van der Waals surface area contributed by atoms with Crippen molar-refractivity contribution in [3.63, 3.8) is 0 Å². The van der Waals surface area contributed by atoms with Gasteiger partial charge < -0.3 is 23.5 Å². The zero-order chi connectivity index (χ0) is 27.4. The molecule has 0 radical (unpaired) electrons. The molecule has 0 saturated carbocycles. The minimum atomic E-state index is -0.181. The number of carbonyl (C=O) groups excluding carboxylic acids is 2. The molecule has 1 aromatic heterocycles. The van der Waals surface area contributed by atoms with Gasteiger partial charge in [0.25, 0.3) is 5.91 Å². The molecule has 2 aliphatic rings. The highest BCUT2D eigenvalue weighted by Gasteiger charge is 2.30. The summed E-state index contributed by atoms with van der Waals surface area (Å²) in [5.74, 6) is 1.46. The molecule has 39 heavy (non-hydrogen) atoms. The van der Waals surface area contributed by atoms with Crippen molar-refractivity contribution >= 4 is 11.9 Å². The van der Waals surface area contributed by atoms with Crippen LogP contribution >= 0.6 is 0 Å². The number of hydrogen-bond donors (Lipinski definition) is 0. The van der Waals surface area contributed by atoms with Gasteiger partial charge in [-0.25, -0.2) is 4.98 Å². The summed E-state index contributed by atoms with van der Waals surface area (Å²) in [5, 5.41) is 0. The summed E-state index contributed by atoms with van der Waals surface area (Å²) >= 11 is 0. The number of rotatable bonds is 9. The first-order chi connectivity index (χ1) is 18.9. The van der Waals surface area contributed by atoms with E-state index < -0.39 is 0 Å². The molecule has 2 aliphatic heterocycles. The van der Waals surface area contributed by atoms with Crippen LogP contribution in [0.4, 0.5) is 0 Å². The molecule has 1 saturated heterocycles. The van der Waals surface area contributed by atoms with E-state index in [9.17, 15) is 9.59 Å². The normalized spacial score (nSPS) is 15.1. The quantitative estimate of drug-likeness (QED) is 0.367. The van der Waals surface area contributed by atoms with E-state index in [1.54, 1.807) is 11.8 Å². The number of likely N-dealkylation sites (tertiary alicyclic amines) is 1. The number of carbonyl (C=O) groups is 2. The van der Waals surface area contributed by atoms with Crippen LogP contribution in [-0.2, 0) is 29.2 Å². The van der Waals surface area contributed by atoms with Crippen molar-refractivity contribution in [3.8, 4) is 11.5 Å². The Morgan fingerprint density at radius 3 is 2.62 bits per heavy atom. The van der Waals surface area contributed by atoms with Crippen molar-refractivity contribution in [2.45, 2.75) is 53.2 Å². The highest BCUT2D eigenvalue weighted by molar-refractivity contribution is 5.92. The first-order valence-corrected chi connectivity index (χ1v) is 13.5. The Morgan fingerprint density at radius 1 is 1.03 bits per heavy atom. The Balaban J connectivity index is 1.28. The highest BCUT2D eigenvalue weighted by atomic mass is 16.7.